The standard InChI is InChI=1S/C15H19N3O/c1-15(2,3)9-13-17-14(19-18-13)12-8-10-6-4-5-7-11(10)16-12/h4-7,12,16H,8-9H2,1-3H3. The Kier molecular flexibility index (Phi) is 2.81. The lowest BCUT2D eigenvalue weighted by atomic mass is 9.92. The Morgan fingerprint density at radius 2 is 2.11 bits per heavy atom. The fraction of sp³-hybridized carbons (Fsp3) is 0.467. The largest absolute Gasteiger partial charge is 0.373 e. The summed E-state index contributed by atoms with van der Waals surface area (Å²) in [6, 6.07) is 8.42. The molecule has 0 bridgehead atoms. The molecule has 1 unspecified atom stereocenters. The first kappa shape index (κ1) is 12.2. The Balaban J connectivity index is 1.75. The van der Waals surface area contributed by atoms with E-state index in [4.69, 9.17) is 4.52 Å². The number of rotatable bonds is 2. The van der Waals surface area contributed by atoms with Gasteiger partial charge in [-0.15, -0.1) is 0 Å². The number of fused-ring (bicyclic) bond motifs is 1. The summed E-state index contributed by atoms with van der Waals surface area (Å²) < 4.78 is 5.40. The van der Waals surface area contributed by atoms with E-state index in [9.17, 15) is 0 Å². The van der Waals surface area contributed by atoms with Crippen molar-refractivity contribution in [2.75, 3.05) is 5.32 Å². The van der Waals surface area contributed by atoms with Gasteiger partial charge >= 0.3 is 0 Å². The highest BCUT2D eigenvalue weighted by molar-refractivity contribution is 5.56. The zero-order valence-corrected chi connectivity index (χ0v) is 11.6. The molecule has 1 atom stereocenters. The maximum absolute atomic E-state index is 5.40. The van der Waals surface area contributed by atoms with Gasteiger partial charge in [-0.25, -0.2) is 0 Å². The average Bonchev–Trinajstić information content (AvgIpc) is 2.91. The van der Waals surface area contributed by atoms with Gasteiger partial charge in [0.05, 0.1) is 0 Å². The quantitative estimate of drug-likeness (QED) is 0.896. The molecule has 2 heterocycles. The first-order valence-electron chi connectivity index (χ1n) is 6.68. The van der Waals surface area contributed by atoms with E-state index in [2.05, 4.69) is 54.4 Å². The van der Waals surface area contributed by atoms with Crippen LogP contribution in [0.2, 0.25) is 0 Å². The maximum Gasteiger partial charge on any atom is 0.249 e. The van der Waals surface area contributed by atoms with E-state index < -0.39 is 0 Å². The molecule has 0 radical (unpaired) electrons. The van der Waals surface area contributed by atoms with Crippen molar-refractivity contribution in [3.63, 3.8) is 0 Å². The predicted molar refractivity (Wildman–Crippen MR) is 74.0 cm³/mol. The van der Waals surface area contributed by atoms with E-state index in [1.54, 1.807) is 0 Å². The number of nitrogens with one attached hydrogen (secondary N) is 1. The van der Waals surface area contributed by atoms with Crippen LogP contribution in [-0.4, -0.2) is 10.1 Å². The van der Waals surface area contributed by atoms with Crippen LogP contribution in [0.5, 0.6) is 0 Å². The highest BCUT2D eigenvalue weighted by atomic mass is 16.5. The zero-order chi connectivity index (χ0) is 13.5. The number of aromatic nitrogens is 2. The van der Waals surface area contributed by atoms with Gasteiger partial charge < -0.3 is 9.84 Å². The molecule has 1 aliphatic rings. The molecule has 0 spiro atoms. The summed E-state index contributed by atoms with van der Waals surface area (Å²) in [7, 11) is 0. The van der Waals surface area contributed by atoms with Crippen LogP contribution in [0.1, 0.15) is 44.1 Å². The lowest BCUT2D eigenvalue weighted by Gasteiger charge is -2.14. The molecule has 3 rings (SSSR count). The smallest absolute Gasteiger partial charge is 0.249 e. The Labute approximate surface area is 113 Å². The number of para-hydroxylation sites is 1. The number of hydrogen-bond donors (Lipinski definition) is 1. The van der Waals surface area contributed by atoms with Crippen LogP contribution in [0, 0.1) is 5.41 Å². The van der Waals surface area contributed by atoms with E-state index >= 15 is 0 Å². The molecule has 0 saturated heterocycles. The molecule has 1 aromatic heterocycles. The summed E-state index contributed by atoms with van der Waals surface area (Å²) in [5.41, 5.74) is 2.65. The molecular weight excluding hydrogens is 238 g/mol. The van der Waals surface area contributed by atoms with Gasteiger partial charge in [0, 0.05) is 18.5 Å². The molecule has 2 aromatic rings. The van der Waals surface area contributed by atoms with Gasteiger partial charge in [0.1, 0.15) is 6.04 Å². The minimum atomic E-state index is 0.110. The van der Waals surface area contributed by atoms with E-state index in [1.807, 2.05) is 6.07 Å². The highest BCUT2D eigenvalue weighted by Gasteiger charge is 2.27. The van der Waals surface area contributed by atoms with E-state index in [-0.39, 0.29) is 11.5 Å². The van der Waals surface area contributed by atoms with Crippen molar-refractivity contribution in [1.82, 2.24) is 10.1 Å². The minimum Gasteiger partial charge on any atom is -0.373 e. The molecule has 0 amide bonds. The Bertz CT molecular complexity index is 558. The summed E-state index contributed by atoms with van der Waals surface area (Å²) in [4.78, 5) is 4.52. The molecule has 0 aliphatic carbocycles. The van der Waals surface area contributed by atoms with Gasteiger partial charge in [0.25, 0.3) is 0 Å². The fourth-order valence-corrected chi connectivity index (χ4v) is 2.40. The third kappa shape index (κ3) is 2.62. The summed E-state index contributed by atoms with van der Waals surface area (Å²) >= 11 is 0. The fourth-order valence-electron chi connectivity index (χ4n) is 2.40. The number of anilines is 1. The van der Waals surface area contributed by atoms with Gasteiger partial charge in [0.15, 0.2) is 5.82 Å². The molecule has 1 aliphatic heterocycles. The van der Waals surface area contributed by atoms with Gasteiger partial charge in [-0.05, 0) is 17.0 Å². The Morgan fingerprint density at radius 1 is 1.32 bits per heavy atom. The van der Waals surface area contributed by atoms with E-state index in [0.717, 1.165) is 18.7 Å². The van der Waals surface area contributed by atoms with Crippen LogP contribution >= 0.6 is 0 Å². The monoisotopic (exact) mass is 257 g/mol. The number of nitrogens with zero attached hydrogens (tertiary/aromatic N) is 2. The Morgan fingerprint density at radius 3 is 2.84 bits per heavy atom. The molecule has 100 valence electrons. The van der Waals surface area contributed by atoms with Crippen LogP contribution < -0.4 is 5.32 Å². The Hall–Kier alpha value is -1.84. The van der Waals surface area contributed by atoms with Crippen molar-refractivity contribution in [3.8, 4) is 0 Å². The van der Waals surface area contributed by atoms with Gasteiger partial charge in [-0.3, -0.25) is 0 Å². The summed E-state index contributed by atoms with van der Waals surface area (Å²) in [6.07, 6.45) is 1.74. The van der Waals surface area contributed by atoms with Crippen molar-refractivity contribution in [1.29, 1.82) is 0 Å². The van der Waals surface area contributed by atoms with Crippen LogP contribution in [-0.2, 0) is 12.8 Å². The van der Waals surface area contributed by atoms with Crippen molar-refractivity contribution < 1.29 is 4.52 Å². The summed E-state index contributed by atoms with van der Waals surface area (Å²) in [5, 5.41) is 7.51. The van der Waals surface area contributed by atoms with Crippen LogP contribution in [0.15, 0.2) is 28.8 Å². The van der Waals surface area contributed by atoms with Gasteiger partial charge in [-0.2, -0.15) is 4.98 Å². The molecule has 1 N–H and O–H groups in total. The summed E-state index contributed by atoms with van der Waals surface area (Å²) in [5.74, 6) is 1.48. The summed E-state index contributed by atoms with van der Waals surface area (Å²) in [6.45, 7) is 6.52. The second kappa shape index (κ2) is 4.37. The molecule has 0 fully saturated rings. The molecule has 0 saturated carbocycles. The van der Waals surface area contributed by atoms with Crippen molar-refractivity contribution in [3.05, 3.63) is 41.5 Å². The third-order valence-electron chi connectivity index (χ3n) is 3.24. The molecule has 1 aromatic carbocycles. The first-order valence-corrected chi connectivity index (χ1v) is 6.68. The highest BCUT2D eigenvalue weighted by Crippen LogP contribution is 2.33. The third-order valence-corrected chi connectivity index (χ3v) is 3.24. The van der Waals surface area contributed by atoms with Crippen molar-refractivity contribution in [2.24, 2.45) is 5.41 Å². The van der Waals surface area contributed by atoms with Crippen molar-refractivity contribution in [2.45, 2.75) is 39.7 Å². The molecule has 19 heavy (non-hydrogen) atoms. The lowest BCUT2D eigenvalue weighted by molar-refractivity contribution is 0.346. The second-order valence-corrected chi connectivity index (χ2v) is 6.34. The van der Waals surface area contributed by atoms with Crippen LogP contribution in [0.3, 0.4) is 0 Å². The maximum atomic E-state index is 5.40. The molecular formula is C15H19N3O. The topological polar surface area (TPSA) is 51.0 Å². The van der Waals surface area contributed by atoms with Crippen LogP contribution in [0.4, 0.5) is 5.69 Å². The minimum absolute atomic E-state index is 0.110. The van der Waals surface area contributed by atoms with Gasteiger partial charge in [0.2, 0.25) is 5.89 Å². The van der Waals surface area contributed by atoms with Crippen LogP contribution in [0.25, 0.3) is 0 Å². The molecule has 4 heteroatoms. The zero-order valence-electron chi connectivity index (χ0n) is 11.6. The van der Waals surface area contributed by atoms with Crippen molar-refractivity contribution >= 4 is 5.69 Å². The van der Waals surface area contributed by atoms with E-state index in [0.29, 0.717) is 5.89 Å². The second-order valence-electron chi connectivity index (χ2n) is 6.34. The normalized spacial score (nSPS) is 18.2. The lowest BCUT2D eigenvalue weighted by Crippen LogP contribution is -2.11. The number of benzene rings is 1. The van der Waals surface area contributed by atoms with E-state index in [1.165, 1.54) is 11.3 Å². The average molecular weight is 257 g/mol. The predicted octanol–water partition coefficient (Wildman–Crippen LogP) is 3.37. The number of hydrogen-bond acceptors (Lipinski definition) is 4. The first-order chi connectivity index (χ1) is 9.01. The SMILES string of the molecule is CC(C)(C)Cc1noc(C2Cc3ccccc3N2)n1. The van der Waals surface area contributed by atoms with Gasteiger partial charge in [-0.1, -0.05) is 44.1 Å². The molecule has 4 nitrogen and oxygen atoms in total.